The van der Waals surface area contributed by atoms with Gasteiger partial charge in [0.25, 0.3) is 0 Å². The predicted molar refractivity (Wildman–Crippen MR) is 67.6 cm³/mol. The van der Waals surface area contributed by atoms with Gasteiger partial charge >= 0.3 is 0 Å². The van der Waals surface area contributed by atoms with E-state index >= 15 is 0 Å². The molecule has 90 valence electrons. The first-order chi connectivity index (χ1) is 7.93. The molecule has 0 aromatic heterocycles. The summed E-state index contributed by atoms with van der Waals surface area (Å²) < 4.78 is 0. The van der Waals surface area contributed by atoms with Crippen LogP contribution in [0.1, 0.15) is 12.0 Å². The Labute approximate surface area is 97.9 Å². The minimum absolute atomic E-state index is 0.287. The van der Waals surface area contributed by atoms with Crippen molar-refractivity contribution in [3.63, 3.8) is 0 Å². The van der Waals surface area contributed by atoms with E-state index in [2.05, 4.69) is 22.8 Å². The second-order valence-corrected chi connectivity index (χ2v) is 3.81. The van der Waals surface area contributed by atoms with Gasteiger partial charge in [0.05, 0.1) is 0 Å². The third-order valence-corrected chi connectivity index (χ3v) is 2.42. The largest absolute Gasteiger partial charge is 0.396 e. The minimum Gasteiger partial charge on any atom is -0.396 e. The van der Waals surface area contributed by atoms with Gasteiger partial charge in [0, 0.05) is 32.8 Å². The van der Waals surface area contributed by atoms with Crippen molar-refractivity contribution in [2.45, 2.75) is 12.8 Å². The Morgan fingerprint density at radius 3 is 1.94 bits per heavy atom. The molecule has 0 atom stereocenters. The lowest BCUT2D eigenvalue weighted by atomic mass is 10.1. The Morgan fingerprint density at radius 2 is 1.50 bits per heavy atom. The highest BCUT2D eigenvalue weighted by Crippen LogP contribution is 2.00. The first-order valence-corrected chi connectivity index (χ1v) is 5.99. The van der Waals surface area contributed by atoms with Crippen LogP contribution in [-0.2, 0) is 6.42 Å². The van der Waals surface area contributed by atoms with E-state index in [9.17, 15) is 0 Å². The molecule has 1 aromatic carbocycles. The summed E-state index contributed by atoms with van der Waals surface area (Å²) in [5, 5.41) is 15.0. The van der Waals surface area contributed by atoms with Crippen molar-refractivity contribution in [1.82, 2.24) is 10.6 Å². The summed E-state index contributed by atoms with van der Waals surface area (Å²) in [4.78, 5) is 0. The molecule has 0 amide bonds. The summed E-state index contributed by atoms with van der Waals surface area (Å²) in [6.07, 6.45) is 1.85. The molecule has 0 spiro atoms. The maximum atomic E-state index is 8.53. The highest BCUT2D eigenvalue weighted by Gasteiger charge is 1.91. The molecule has 1 aliphatic heterocycles. The minimum atomic E-state index is 0.287. The van der Waals surface area contributed by atoms with Crippen molar-refractivity contribution in [3.8, 4) is 0 Å². The Kier molecular flexibility index (Phi) is 7.68. The lowest BCUT2D eigenvalue weighted by Gasteiger charge is -2.11. The van der Waals surface area contributed by atoms with Crippen molar-refractivity contribution in [2.75, 3.05) is 32.8 Å². The van der Waals surface area contributed by atoms with E-state index in [4.69, 9.17) is 5.11 Å². The van der Waals surface area contributed by atoms with Crippen molar-refractivity contribution in [2.24, 2.45) is 0 Å². The fourth-order valence-corrected chi connectivity index (χ4v) is 1.53. The van der Waals surface area contributed by atoms with Gasteiger partial charge in [-0.3, -0.25) is 0 Å². The number of nitrogens with one attached hydrogen (secondary N) is 2. The van der Waals surface area contributed by atoms with Crippen LogP contribution in [0.25, 0.3) is 0 Å². The molecular formula is C13H22N2O. The molecule has 0 radical (unpaired) electrons. The second kappa shape index (κ2) is 9.33. The van der Waals surface area contributed by atoms with Gasteiger partial charge in [-0.25, -0.2) is 0 Å². The van der Waals surface area contributed by atoms with Crippen LogP contribution in [0.2, 0.25) is 0 Å². The van der Waals surface area contributed by atoms with Gasteiger partial charge in [-0.15, -0.1) is 0 Å². The van der Waals surface area contributed by atoms with Gasteiger partial charge in [-0.2, -0.15) is 0 Å². The summed E-state index contributed by atoms with van der Waals surface area (Å²) in [6, 6.07) is 10.2. The molecule has 0 unspecified atom stereocenters. The van der Waals surface area contributed by atoms with Gasteiger partial charge in [0.15, 0.2) is 0 Å². The number of hydrogen-bond donors (Lipinski definition) is 3. The van der Waals surface area contributed by atoms with Crippen LogP contribution in [0.4, 0.5) is 0 Å². The second-order valence-electron chi connectivity index (χ2n) is 3.81. The molecule has 16 heavy (non-hydrogen) atoms. The van der Waals surface area contributed by atoms with E-state index in [1.54, 1.807) is 0 Å². The number of piperazine rings is 1. The Morgan fingerprint density at radius 1 is 0.938 bits per heavy atom. The molecule has 0 aliphatic carbocycles. The van der Waals surface area contributed by atoms with Crippen molar-refractivity contribution in [3.05, 3.63) is 35.9 Å². The van der Waals surface area contributed by atoms with Crippen LogP contribution in [0.5, 0.6) is 0 Å². The standard InChI is InChI=1S/C9H12O.C4H10N2/c10-8-4-7-9-5-2-1-3-6-9;1-2-6-4-3-5-1/h1-3,5-6,10H,4,7-8H2;5-6H,1-4H2. The zero-order valence-electron chi connectivity index (χ0n) is 9.78. The van der Waals surface area contributed by atoms with Gasteiger partial charge in [0.2, 0.25) is 0 Å². The Balaban J connectivity index is 0.000000181. The van der Waals surface area contributed by atoms with Gasteiger partial charge in [-0.05, 0) is 18.4 Å². The first-order valence-electron chi connectivity index (χ1n) is 5.99. The smallest absolute Gasteiger partial charge is 0.0434 e. The van der Waals surface area contributed by atoms with Crippen molar-refractivity contribution >= 4 is 0 Å². The molecule has 2 rings (SSSR count). The van der Waals surface area contributed by atoms with Gasteiger partial charge in [0.1, 0.15) is 0 Å². The summed E-state index contributed by atoms with van der Waals surface area (Å²) in [6.45, 7) is 4.84. The molecule has 0 saturated carbocycles. The predicted octanol–water partition coefficient (Wildman–Crippen LogP) is 0.791. The van der Waals surface area contributed by atoms with E-state index in [0.29, 0.717) is 0 Å². The quantitative estimate of drug-likeness (QED) is 0.708. The van der Waals surface area contributed by atoms with Crippen LogP contribution in [-0.4, -0.2) is 37.9 Å². The molecule has 0 bridgehead atoms. The molecular weight excluding hydrogens is 200 g/mol. The summed E-state index contributed by atoms with van der Waals surface area (Å²) in [7, 11) is 0. The SMILES string of the molecule is C1CNCCN1.OCCCc1ccccc1. The van der Waals surface area contributed by atoms with Gasteiger partial charge in [-0.1, -0.05) is 30.3 Å². The molecule has 3 N–H and O–H groups in total. The molecule has 1 aliphatic rings. The summed E-state index contributed by atoms with van der Waals surface area (Å²) in [5.41, 5.74) is 1.30. The van der Waals surface area contributed by atoms with E-state index in [1.807, 2.05) is 18.2 Å². The zero-order valence-corrected chi connectivity index (χ0v) is 9.78. The monoisotopic (exact) mass is 222 g/mol. The molecule has 1 heterocycles. The number of hydrogen-bond acceptors (Lipinski definition) is 3. The number of aliphatic hydroxyl groups is 1. The Bertz CT molecular complexity index is 236. The fraction of sp³-hybridized carbons (Fsp3) is 0.538. The average molecular weight is 222 g/mol. The molecule has 1 aromatic rings. The molecule has 1 fully saturated rings. The number of benzene rings is 1. The maximum absolute atomic E-state index is 8.53. The van der Waals surface area contributed by atoms with Crippen LogP contribution < -0.4 is 10.6 Å². The van der Waals surface area contributed by atoms with Crippen LogP contribution in [0, 0.1) is 0 Å². The number of rotatable bonds is 3. The topological polar surface area (TPSA) is 44.3 Å². The molecule has 3 heteroatoms. The fourth-order valence-electron chi connectivity index (χ4n) is 1.53. The molecule has 3 nitrogen and oxygen atoms in total. The summed E-state index contributed by atoms with van der Waals surface area (Å²) >= 11 is 0. The third kappa shape index (κ3) is 6.56. The number of aliphatic hydroxyl groups excluding tert-OH is 1. The lowest BCUT2D eigenvalue weighted by molar-refractivity contribution is 0.288. The highest BCUT2D eigenvalue weighted by molar-refractivity contribution is 5.14. The van der Waals surface area contributed by atoms with Crippen molar-refractivity contribution in [1.29, 1.82) is 0 Å². The lowest BCUT2D eigenvalue weighted by Crippen LogP contribution is -2.39. The van der Waals surface area contributed by atoms with Crippen molar-refractivity contribution < 1.29 is 5.11 Å². The normalized spacial score (nSPS) is 15.1. The maximum Gasteiger partial charge on any atom is 0.0434 e. The van der Waals surface area contributed by atoms with Crippen LogP contribution >= 0.6 is 0 Å². The average Bonchev–Trinajstić information content (AvgIpc) is 2.40. The van der Waals surface area contributed by atoms with E-state index in [0.717, 1.165) is 39.0 Å². The third-order valence-electron chi connectivity index (χ3n) is 2.42. The number of aryl methyl sites for hydroxylation is 1. The van der Waals surface area contributed by atoms with E-state index < -0.39 is 0 Å². The first kappa shape index (κ1) is 13.2. The van der Waals surface area contributed by atoms with Crippen LogP contribution in [0.15, 0.2) is 30.3 Å². The van der Waals surface area contributed by atoms with E-state index in [-0.39, 0.29) is 6.61 Å². The summed E-state index contributed by atoms with van der Waals surface area (Å²) in [5.74, 6) is 0. The Hall–Kier alpha value is -0.900. The highest BCUT2D eigenvalue weighted by atomic mass is 16.2. The zero-order chi connectivity index (χ0) is 11.5. The molecule has 1 saturated heterocycles. The van der Waals surface area contributed by atoms with E-state index in [1.165, 1.54) is 5.56 Å². The van der Waals surface area contributed by atoms with Gasteiger partial charge < -0.3 is 15.7 Å². The van der Waals surface area contributed by atoms with Crippen LogP contribution in [0.3, 0.4) is 0 Å².